The summed E-state index contributed by atoms with van der Waals surface area (Å²) in [6.07, 6.45) is 0. The molecule has 0 saturated carbocycles. The fraction of sp³-hybridized carbons (Fsp3) is 0.231. The van der Waals surface area contributed by atoms with E-state index in [4.69, 9.17) is 39.8 Å². The first kappa shape index (κ1) is 22.6. The Hall–Kier alpha value is -2.21. The van der Waals surface area contributed by atoms with Crippen LogP contribution >= 0.6 is 34.8 Å². The van der Waals surface area contributed by atoms with E-state index in [1.54, 1.807) is 0 Å². The first-order valence-electron chi connectivity index (χ1n) is 11.0. The van der Waals surface area contributed by atoms with E-state index >= 15 is 0 Å². The summed E-state index contributed by atoms with van der Waals surface area (Å²) in [5, 5.41) is 2.89. The minimum Gasteiger partial charge on any atom is -0.293 e. The minimum absolute atomic E-state index is 0.146. The highest BCUT2D eigenvalue weighted by Crippen LogP contribution is 2.31. The van der Waals surface area contributed by atoms with Crippen LogP contribution in [0.5, 0.6) is 0 Å². The van der Waals surface area contributed by atoms with Crippen molar-refractivity contribution < 1.29 is 0 Å². The van der Waals surface area contributed by atoms with Crippen molar-refractivity contribution >= 4 is 45.7 Å². The van der Waals surface area contributed by atoms with Crippen molar-refractivity contribution in [3.8, 4) is 0 Å². The Balaban J connectivity index is 1.32. The summed E-state index contributed by atoms with van der Waals surface area (Å²) < 4.78 is 0. The SMILES string of the molecule is Clc1ccc(C(c2ccc(Cl)cc2)N2CCN(Cc3nc(Cl)c4ccccc4n3)CC2)cc1. The lowest BCUT2D eigenvalue weighted by molar-refractivity contribution is 0.103. The summed E-state index contributed by atoms with van der Waals surface area (Å²) in [6.45, 7) is 4.39. The zero-order valence-electron chi connectivity index (χ0n) is 18.0. The number of hydrogen-bond donors (Lipinski definition) is 0. The second-order valence-electron chi connectivity index (χ2n) is 8.27. The molecule has 1 fully saturated rings. The Kier molecular flexibility index (Phi) is 6.81. The number of benzene rings is 3. The summed E-state index contributed by atoms with van der Waals surface area (Å²) in [4.78, 5) is 14.2. The van der Waals surface area contributed by atoms with Crippen molar-refractivity contribution in [1.82, 2.24) is 19.8 Å². The Morgan fingerprint density at radius 2 is 1.27 bits per heavy atom. The third-order valence-electron chi connectivity index (χ3n) is 6.11. The van der Waals surface area contributed by atoms with Crippen LogP contribution in [0.2, 0.25) is 15.2 Å². The van der Waals surface area contributed by atoms with E-state index in [0.29, 0.717) is 11.7 Å². The van der Waals surface area contributed by atoms with E-state index < -0.39 is 0 Å². The maximum atomic E-state index is 6.41. The van der Waals surface area contributed by atoms with E-state index in [1.807, 2.05) is 48.5 Å². The smallest absolute Gasteiger partial charge is 0.144 e. The van der Waals surface area contributed by atoms with Crippen molar-refractivity contribution in [1.29, 1.82) is 0 Å². The van der Waals surface area contributed by atoms with Gasteiger partial charge in [-0.05, 0) is 47.5 Å². The average molecular weight is 498 g/mol. The monoisotopic (exact) mass is 496 g/mol. The second-order valence-corrected chi connectivity index (χ2v) is 9.50. The van der Waals surface area contributed by atoms with Gasteiger partial charge in [0.1, 0.15) is 11.0 Å². The van der Waals surface area contributed by atoms with Crippen molar-refractivity contribution in [3.63, 3.8) is 0 Å². The summed E-state index contributed by atoms with van der Waals surface area (Å²) in [6, 6.07) is 24.3. The van der Waals surface area contributed by atoms with Crippen LogP contribution in [0.25, 0.3) is 10.9 Å². The quantitative estimate of drug-likeness (QED) is 0.295. The summed E-state index contributed by atoms with van der Waals surface area (Å²) in [5.41, 5.74) is 3.33. The van der Waals surface area contributed by atoms with Crippen LogP contribution in [0.15, 0.2) is 72.8 Å². The lowest BCUT2D eigenvalue weighted by Crippen LogP contribution is -2.47. The molecule has 33 heavy (non-hydrogen) atoms. The molecule has 0 aliphatic carbocycles. The van der Waals surface area contributed by atoms with Crippen LogP contribution in [0, 0.1) is 0 Å². The Bertz CT molecular complexity index is 1190. The van der Waals surface area contributed by atoms with Gasteiger partial charge in [0.2, 0.25) is 0 Å². The maximum absolute atomic E-state index is 6.41. The highest BCUT2D eigenvalue weighted by atomic mass is 35.5. The molecule has 0 bridgehead atoms. The molecule has 3 aromatic carbocycles. The first-order valence-corrected chi connectivity index (χ1v) is 12.1. The summed E-state index contributed by atoms with van der Waals surface area (Å²) in [5.74, 6) is 0.763. The second kappa shape index (κ2) is 9.96. The molecule has 1 aromatic heterocycles. The predicted octanol–water partition coefficient (Wildman–Crippen LogP) is 6.50. The molecule has 4 nitrogen and oxygen atoms in total. The van der Waals surface area contributed by atoms with E-state index in [-0.39, 0.29) is 6.04 Å². The van der Waals surface area contributed by atoms with E-state index in [1.165, 1.54) is 11.1 Å². The van der Waals surface area contributed by atoms with E-state index in [9.17, 15) is 0 Å². The molecule has 7 heteroatoms. The van der Waals surface area contributed by atoms with Gasteiger partial charge in [0, 0.05) is 41.6 Å². The standard InChI is InChI=1S/C26H23Cl3N4/c27-20-9-5-18(6-10-20)25(19-7-11-21(28)12-8-19)33-15-13-32(14-16-33)17-24-30-23-4-2-1-3-22(23)26(29)31-24/h1-12,25H,13-17H2. The van der Waals surface area contributed by atoms with Gasteiger partial charge in [-0.2, -0.15) is 0 Å². The lowest BCUT2D eigenvalue weighted by Gasteiger charge is -2.39. The number of nitrogens with zero attached hydrogens (tertiary/aromatic N) is 4. The van der Waals surface area contributed by atoms with Crippen molar-refractivity contribution in [3.05, 3.63) is 105 Å². The zero-order chi connectivity index (χ0) is 22.8. The normalized spacial score (nSPS) is 15.4. The van der Waals surface area contributed by atoms with Gasteiger partial charge in [0.05, 0.1) is 18.1 Å². The van der Waals surface area contributed by atoms with Gasteiger partial charge in [-0.25, -0.2) is 9.97 Å². The molecule has 0 atom stereocenters. The molecular weight excluding hydrogens is 475 g/mol. The Labute approximate surface area is 208 Å². The molecule has 5 rings (SSSR count). The van der Waals surface area contributed by atoms with Crippen LogP contribution in [-0.2, 0) is 6.54 Å². The van der Waals surface area contributed by atoms with Gasteiger partial charge in [0.15, 0.2) is 0 Å². The van der Waals surface area contributed by atoms with Crippen LogP contribution in [-0.4, -0.2) is 45.9 Å². The van der Waals surface area contributed by atoms with Crippen LogP contribution in [0.4, 0.5) is 0 Å². The van der Waals surface area contributed by atoms with Crippen molar-refractivity contribution in [2.45, 2.75) is 12.6 Å². The molecule has 0 unspecified atom stereocenters. The number of para-hydroxylation sites is 1. The highest BCUT2D eigenvalue weighted by molar-refractivity contribution is 6.34. The fourth-order valence-corrected chi connectivity index (χ4v) is 4.95. The average Bonchev–Trinajstić information content (AvgIpc) is 2.83. The molecular formula is C26H23Cl3N4. The molecule has 0 spiro atoms. The first-order chi connectivity index (χ1) is 16.1. The van der Waals surface area contributed by atoms with E-state index in [0.717, 1.165) is 53.0 Å². The number of aromatic nitrogens is 2. The maximum Gasteiger partial charge on any atom is 0.144 e. The van der Waals surface area contributed by atoms with Crippen molar-refractivity contribution in [2.75, 3.05) is 26.2 Å². The Morgan fingerprint density at radius 1 is 0.697 bits per heavy atom. The van der Waals surface area contributed by atoms with Gasteiger partial charge >= 0.3 is 0 Å². The van der Waals surface area contributed by atoms with Crippen LogP contribution in [0.1, 0.15) is 23.0 Å². The van der Waals surface area contributed by atoms with Gasteiger partial charge in [-0.3, -0.25) is 9.80 Å². The molecule has 2 heterocycles. The van der Waals surface area contributed by atoms with Gasteiger partial charge in [-0.1, -0.05) is 71.2 Å². The molecule has 0 N–H and O–H groups in total. The third-order valence-corrected chi connectivity index (χ3v) is 6.90. The zero-order valence-corrected chi connectivity index (χ0v) is 20.2. The van der Waals surface area contributed by atoms with Crippen LogP contribution in [0.3, 0.4) is 0 Å². The minimum atomic E-state index is 0.146. The number of piperazine rings is 1. The van der Waals surface area contributed by atoms with Crippen LogP contribution < -0.4 is 0 Å². The topological polar surface area (TPSA) is 32.3 Å². The number of hydrogen-bond acceptors (Lipinski definition) is 4. The number of halogens is 3. The largest absolute Gasteiger partial charge is 0.293 e. The van der Waals surface area contributed by atoms with Gasteiger partial charge < -0.3 is 0 Å². The summed E-state index contributed by atoms with van der Waals surface area (Å²) >= 11 is 18.7. The van der Waals surface area contributed by atoms with Gasteiger partial charge in [-0.15, -0.1) is 0 Å². The summed E-state index contributed by atoms with van der Waals surface area (Å²) in [7, 11) is 0. The molecule has 0 radical (unpaired) electrons. The molecule has 1 saturated heterocycles. The van der Waals surface area contributed by atoms with E-state index in [2.05, 4.69) is 39.0 Å². The number of rotatable bonds is 5. The third kappa shape index (κ3) is 5.16. The number of fused-ring (bicyclic) bond motifs is 1. The lowest BCUT2D eigenvalue weighted by atomic mass is 9.96. The molecule has 168 valence electrons. The molecule has 4 aromatic rings. The molecule has 0 amide bonds. The molecule has 1 aliphatic heterocycles. The molecule has 1 aliphatic rings. The Morgan fingerprint density at radius 3 is 1.88 bits per heavy atom. The predicted molar refractivity (Wildman–Crippen MR) is 136 cm³/mol. The van der Waals surface area contributed by atoms with Crippen molar-refractivity contribution in [2.24, 2.45) is 0 Å². The fourth-order valence-electron chi connectivity index (χ4n) is 4.44. The van der Waals surface area contributed by atoms with Gasteiger partial charge in [0.25, 0.3) is 0 Å². The highest BCUT2D eigenvalue weighted by Gasteiger charge is 2.27.